The summed E-state index contributed by atoms with van der Waals surface area (Å²) in [5, 5.41) is 1.48. The Morgan fingerprint density at radius 3 is 2.33 bits per heavy atom. The summed E-state index contributed by atoms with van der Waals surface area (Å²) in [4.78, 5) is 6.97. The summed E-state index contributed by atoms with van der Waals surface area (Å²) in [5.41, 5.74) is 3.58. The van der Waals surface area contributed by atoms with Crippen molar-refractivity contribution in [2.45, 2.75) is 12.5 Å². The molecule has 0 radical (unpaired) electrons. The van der Waals surface area contributed by atoms with Crippen LogP contribution >= 0.6 is 23.2 Å². The van der Waals surface area contributed by atoms with Gasteiger partial charge in [0, 0.05) is 30.6 Å². The number of benzene rings is 2. The topological polar surface area (TPSA) is 15.6 Å². The first kappa shape index (κ1) is 14.4. The van der Waals surface area contributed by atoms with Crippen LogP contribution in [0.4, 0.5) is 0 Å². The van der Waals surface area contributed by atoms with Crippen LogP contribution in [-0.4, -0.2) is 24.8 Å². The van der Waals surface area contributed by atoms with Crippen molar-refractivity contribution in [2.24, 2.45) is 4.99 Å². The third-order valence-electron chi connectivity index (χ3n) is 3.73. The number of hydrogen-bond acceptors (Lipinski definition) is 2. The van der Waals surface area contributed by atoms with E-state index in [1.54, 1.807) is 0 Å². The van der Waals surface area contributed by atoms with Crippen LogP contribution in [0.5, 0.6) is 0 Å². The average molecular weight is 319 g/mol. The minimum atomic E-state index is -0.0258. The lowest BCUT2D eigenvalue weighted by atomic mass is 9.90. The maximum atomic E-state index is 6.17. The number of rotatable bonds is 1. The highest BCUT2D eigenvalue weighted by Gasteiger charge is 2.24. The SMILES string of the molecule is CN(C)C1=NC(c2ccc(Cl)cc2)c2cc(Cl)ccc2C1. The van der Waals surface area contributed by atoms with Crippen molar-refractivity contribution in [3.8, 4) is 0 Å². The largest absolute Gasteiger partial charge is 0.366 e. The highest BCUT2D eigenvalue weighted by atomic mass is 35.5. The molecule has 0 aliphatic carbocycles. The molecule has 0 amide bonds. The van der Waals surface area contributed by atoms with Gasteiger partial charge in [0.15, 0.2) is 0 Å². The van der Waals surface area contributed by atoms with Gasteiger partial charge >= 0.3 is 0 Å². The fourth-order valence-electron chi connectivity index (χ4n) is 2.59. The quantitative estimate of drug-likeness (QED) is 0.750. The van der Waals surface area contributed by atoms with Gasteiger partial charge in [0.05, 0.1) is 0 Å². The molecule has 1 atom stereocenters. The first-order valence-corrected chi connectivity index (χ1v) is 7.58. The van der Waals surface area contributed by atoms with Gasteiger partial charge in [-0.25, -0.2) is 0 Å². The number of aliphatic imine (C=N–C) groups is 1. The van der Waals surface area contributed by atoms with Crippen molar-refractivity contribution in [1.82, 2.24) is 4.90 Å². The van der Waals surface area contributed by atoms with Crippen LogP contribution in [0.15, 0.2) is 47.5 Å². The number of halogens is 2. The van der Waals surface area contributed by atoms with E-state index >= 15 is 0 Å². The Labute approximate surface area is 135 Å². The Balaban J connectivity index is 2.12. The Bertz CT molecular complexity index is 690. The molecule has 0 fully saturated rings. The van der Waals surface area contributed by atoms with Gasteiger partial charge in [-0.2, -0.15) is 0 Å². The summed E-state index contributed by atoms with van der Waals surface area (Å²) in [6, 6.07) is 13.9. The molecule has 2 nitrogen and oxygen atoms in total. The summed E-state index contributed by atoms with van der Waals surface area (Å²) in [6.07, 6.45) is 0.837. The third-order valence-corrected chi connectivity index (χ3v) is 4.22. The molecule has 0 spiro atoms. The molecule has 1 aliphatic rings. The second-order valence-corrected chi connectivity index (χ2v) is 6.29. The molecule has 4 heteroatoms. The molecule has 108 valence electrons. The van der Waals surface area contributed by atoms with Crippen molar-refractivity contribution >= 4 is 29.0 Å². The highest BCUT2D eigenvalue weighted by molar-refractivity contribution is 6.31. The second-order valence-electron chi connectivity index (χ2n) is 5.41. The van der Waals surface area contributed by atoms with Crippen LogP contribution in [0.1, 0.15) is 22.7 Å². The first-order valence-electron chi connectivity index (χ1n) is 6.82. The molecule has 1 unspecified atom stereocenters. The summed E-state index contributed by atoms with van der Waals surface area (Å²) in [5.74, 6) is 1.07. The Morgan fingerprint density at radius 1 is 1.00 bits per heavy atom. The Hall–Kier alpha value is -1.51. The number of nitrogens with zero attached hydrogens (tertiary/aromatic N) is 2. The molecule has 0 bridgehead atoms. The van der Waals surface area contributed by atoms with Crippen molar-refractivity contribution < 1.29 is 0 Å². The molecule has 1 heterocycles. The summed E-state index contributed by atoms with van der Waals surface area (Å²) >= 11 is 12.2. The maximum Gasteiger partial charge on any atom is 0.104 e. The van der Waals surface area contributed by atoms with Crippen LogP contribution in [0, 0.1) is 0 Å². The van der Waals surface area contributed by atoms with E-state index in [4.69, 9.17) is 28.2 Å². The number of likely N-dealkylation sites (N-methyl/N-ethyl adjacent to an activating group) is 1. The molecular weight excluding hydrogens is 303 g/mol. The van der Waals surface area contributed by atoms with Crippen molar-refractivity contribution in [3.63, 3.8) is 0 Å². The van der Waals surface area contributed by atoms with E-state index in [2.05, 4.69) is 11.0 Å². The summed E-state index contributed by atoms with van der Waals surface area (Å²) in [7, 11) is 4.05. The lowest BCUT2D eigenvalue weighted by Gasteiger charge is -2.28. The van der Waals surface area contributed by atoms with Crippen LogP contribution in [0.25, 0.3) is 0 Å². The fourth-order valence-corrected chi connectivity index (χ4v) is 2.90. The van der Waals surface area contributed by atoms with Crippen LogP contribution in [0.3, 0.4) is 0 Å². The van der Waals surface area contributed by atoms with Gasteiger partial charge in [0.25, 0.3) is 0 Å². The van der Waals surface area contributed by atoms with E-state index in [0.29, 0.717) is 0 Å². The fraction of sp³-hybridized carbons (Fsp3) is 0.235. The van der Waals surface area contributed by atoms with Crippen molar-refractivity contribution in [2.75, 3.05) is 14.1 Å². The lowest BCUT2D eigenvalue weighted by Crippen LogP contribution is -2.28. The standard InChI is InChI=1S/C17H16Cl2N2/c1-21(2)16-9-12-5-8-14(19)10-15(12)17(20-16)11-3-6-13(18)7-4-11/h3-8,10,17H,9H2,1-2H3. The van der Waals surface area contributed by atoms with E-state index in [0.717, 1.165) is 27.9 Å². The van der Waals surface area contributed by atoms with Gasteiger partial charge in [-0.05, 0) is 41.0 Å². The highest BCUT2D eigenvalue weighted by Crippen LogP contribution is 2.35. The second kappa shape index (κ2) is 5.70. The monoisotopic (exact) mass is 318 g/mol. The van der Waals surface area contributed by atoms with Gasteiger partial charge in [0.1, 0.15) is 11.9 Å². The molecule has 21 heavy (non-hydrogen) atoms. The normalized spacial score (nSPS) is 17.1. The van der Waals surface area contributed by atoms with E-state index in [1.165, 1.54) is 11.1 Å². The van der Waals surface area contributed by atoms with Crippen molar-refractivity contribution in [3.05, 3.63) is 69.2 Å². The van der Waals surface area contributed by atoms with Gasteiger partial charge in [-0.3, -0.25) is 4.99 Å². The number of fused-ring (bicyclic) bond motifs is 1. The molecule has 3 rings (SSSR count). The van der Waals surface area contributed by atoms with E-state index in [9.17, 15) is 0 Å². The zero-order chi connectivity index (χ0) is 15.0. The zero-order valence-electron chi connectivity index (χ0n) is 12.0. The van der Waals surface area contributed by atoms with E-state index in [1.807, 2.05) is 50.5 Å². The molecule has 0 saturated heterocycles. The van der Waals surface area contributed by atoms with Crippen LogP contribution in [-0.2, 0) is 6.42 Å². The Kier molecular flexibility index (Phi) is 3.92. The third kappa shape index (κ3) is 2.92. The molecule has 0 aromatic heterocycles. The van der Waals surface area contributed by atoms with Gasteiger partial charge < -0.3 is 4.90 Å². The molecule has 2 aromatic carbocycles. The predicted octanol–water partition coefficient (Wildman–Crippen LogP) is 4.60. The minimum absolute atomic E-state index is 0.0258. The number of hydrogen-bond donors (Lipinski definition) is 0. The molecular formula is C17H16Cl2N2. The summed E-state index contributed by atoms with van der Waals surface area (Å²) < 4.78 is 0. The number of amidine groups is 1. The Morgan fingerprint density at radius 2 is 1.67 bits per heavy atom. The van der Waals surface area contributed by atoms with E-state index in [-0.39, 0.29) is 6.04 Å². The van der Waals surface area contributed by atoms with Crippen LogP contribution < -0.4 is 0 Å². The molecule has 0 N–H and O–H groups in total. The first-order chi connectivity index (χ1) is 10.0. The van der Waals surface area contributed by atoms with Gasteiger partial charge in [0.2, 0.25) is 0 Å². The maximum absolute atomic E-state index is 6.17. The van der Waals surface area contributed by atoms with Gasteiger partial charge in [-0.15, -0.1) is 0 Å². The minimum Gasteiger partial charge on any atom is -0.366 e. The lowest BCUT2D eigenvalue weighted by molar-refractivity contribution is 0.592. The molecule has 1 aliphatic heterocycles. The molecule has 2 aromatic rings. The predicted molar refractivity (Wildman–Crippen MR) is 89.6 cm³/mol. The van der Waals surface area contributed by atoms with Crippen LogP contribution in [0.2, 0.25) is 10.0 Å². The molecule has 0 saturated carbocycles. The zero-order valence-corrected chi connectivity index (χ0v) is 13.5. The van der Waals surface area contributed by atoms with Crippen molar-refractivity contribution in [1.29, 1.82) is 0 Å². The summed E-state index contributed by atoms with van der Waals surface area (Å²) in [6.45, 7) is 0. The van der Waals surface area contributed by atoms with E-state index < -0.39 is 0 Å². The van der Waals surface area contributed by atoms with Gasteiger partial charge in [-0.1, -0.05) is 41.4 Å². The average Bonchev–Trinajstić information content (AvgIpc) is 2.47. The smallest absolute Gasteiger partial charge is 0.104 e.